The molecule has 1 aromatic carbocycles. The predicted octanol–water partition coefficient (Wildman–Crippen LogP) is 4.33. The third kappa shape index (κ3) is 4.42. The molecule has 0 spiro atoms. The van der Waals surface area contributed by atoms with E-state index < -0.39 is 0 Å². The quantitative estimate of drug-likeness (QED) is 0.838. The molecule has 3 nitrogen and oxygen atoms in total. The summed E-state index contributed by atoms with van der Waals surface area (Å²) in [6.45, 7) is 8.21. The topological polar surface area (TPSA) is 45.2 Å². The molecule has 1 N–H and O–H groups in total. The number of rotatable bonds is 3. The average Bonchev–Trinajstić information content (AvgIpc) is 2.53. The molecule has 0 aliphatic heterocycles. The van der Waals surface area contributed by atoms with E-state index in [4.69, 9.17) is 0 Å². The lowest BCUT2D eigenvalue weighted by molar-refractivity contribution is 1.10. The Labute approximate surface area is 126 Å². The molecule has 2 rings (SSSR count). The van der Waals surface area contributed by atoms with Gasteiger partial charge in [-0.25, -0.2) is 0 Å². The molecular weight excluding hydrogens is 260 g/mol. The van der Waals surface area contributed by atoms with Crippen LogP contribution in [0.5, 0.6) is 0 Å². The van der Waals surface area contributed by atoms with Crippen LogP contribution in [0.4, 0.5) is 0 Å². The first-order chi connectivity index (χ1) is 10.1. The molecule has 0 radical (unpaired) electrons. The molecule has 21 heavy (non-hydrogen) atoms. The van der Waals surface area contributed by atoms with Gasteiger partial charge in [0.2, 0.25) is 5.56 Å². The van der Waals surface area contributed by atoms with E-state index in [1.807, 2.05) is 38.1 Å². The lowest BCUT2D eigenvalue weighted by Gasteiger charge is -2.05. The number of aromatic amines is 1. The SMILES string of the molecule is CC.CC/C(C)=C\C(=NC)c1ccc2ccc(=O)[nH]c2c1. The van der Waals surface area contributed by atoms with Crippen LogP contribution in [0.1, 0.15) is 39.7 Å². The summed E-state index contributed by atoms with van der Waals surface area (Å²) in [6.07, 6.45) is 3.09. The van der Waals surface area contributed by atoms with Crippen LogP contribution < -0.4 is 5.56 Å². The molecule has 0 aliphatic rings. The van der Waals surface area contributed by atoms with E-state index in [1.165, 1.54) is 11.6 Å². The fourth-order valence-electron chi connectivity index (χ4n) is 1.92. The summed E-state index contributed by atoms with van der Waals surface area (Å²) in [7, 11) is 1.78. The van der Waals surface area contributed by atoms with Crippen molar-refractivity contribution in [2.45, 2.75) is 34.1 Å². The van der Waals surface area contributed by atoms with Gasteiger partial charge in [-0.05, 0) is 36.9 Å². The van der Waals surface area contributed by atoms with Gasteiger partial charge in [0.25, 0.3) is 0 Å². The van der Waals surface area contributed by atoms with Gasteiger partial charge < -0.3 is 4.98 Å². The van der Waals surface area contributed by atoms with Crippen molar-refractivity contribution in [1.29, 1.82) is 0 Å². The van der Waals surface area contributed by atoms with E-state index in [-0.39, 0.29) is 5.56 Å². The molecule has 3 heteroatoms. The first-order valence-electron chi connectivity index (χ1n) is 7.41. The van der Waals surface area contributed by atoms with E-state index in [1.54, 1.807) is 7.05 Å². The minimum Gasteiger partial charge on any atom is -0.322 e. The fourth-order valence-corrected chi connectivity index (χ4v) is 1.92. The maximum Gasteiger partial charge on any atom is 0.248 e. The highest BCUT2D eigenvalue weighted by Gasteiger charge is 2.02. The first-order valence-corrected chi connectivity index (χ1v) is 7.41. The Morgan fingerprint density at radius 1 is 1.24 bits per heavy atom. The molecule has 0 saturated carbocycles. The number of nitrogens with one attached hydrogen (secondary N) is 1. The number of fused-ring (bicyclic) bond motifs is 1. The number of benzene rings is 1. The summed E-state index contributed by atoms with van der Waals surface area (Å²) in [4.78, 5) is 18.5. The van der Waals surface area contributed by atoms with Crippen LogP contribution >= 0.6 is 0 Å². The number of pyridine rings is 1. The largest absolute Gasteiger partial charge is 0.322 e. The van der Waals surface area contributed by atoms with Gasteiger partial charge in [0.15, 0.2) is 0 Å². The van der Waals surface area contributed by atoms with Crippen LogP contribution in [0.25, 0.3) is 10.9 Å². The second-order valence-corrected chi connectivity index (χ2v) is 4.58. The maximum atomic E-state index is 11.4. The van der Waals surface area contributed by atoms with Crippen molar-refractivity contribution in [3.8, 4) is 0 Å². The predicted molar refractivity (Wildman–Crippen MR) is 92.4 cm³/mol. The Morgan fingerprint density at radius 2 is 1.90 bits per heavy atom. The van der Waals surface area contributed by atoms with Gasteiger partial charge in [-0.15, -0.1) is 0 Å². The van der Waals surface area contributed by atoms with Crippen LogP contribution in [0.15, 0.2) is 51.8 Å². The van der Waals surface area contributed by atoms with Crippen LogP contribution in [-0.2, 0) is 0 Å². The molecule has 0 unspecified atom stereocenters. The van der Waals surface area contributed by atoms with Crippen molar-refractivity contribution in [3.05, 3.63) is 57.9 Å². The molecule has 0 amide bonds. The van der Waals surface area contributed by atoms with Crippen molar-refractivity contribution in [2.24, 2.45) is 4.99 Å². The fraction of sp³-hybridized carbons (Fsp3) is 0.333. The minimum atomic E-state index is -0.0834. The van der Waals surface area contributed by atoms with Gasteiger partial charge in [-0.2, -0.15) is 0 Å². The Morgan fingerprint density at radius 3 is 2.52 bits per heavy atom. The van der Waals surface area contributed by atoms with Crippen molar-refractivity contribution < 1.29 is 0 Å². The average molecular weight is 284 g/mol. The molecule has 1 heterocycles. The van der Waals surface area contributed by atoms with E-state index in [9.17, 15) is 4.79 Å². The zero-order chi connectivity index (χ0) is 15.8. The van der Waals surface area contributed by atoms with Gasteiger partial charge >= 0.3 is 0 Å². The third-order valence-corrected chi connectivity index (χ3v) is 3.20. The monoisotopic (exact) mass is 284 g/mol. The molecule has 0 fully saturated rings. The van der Waals surface area contributed by atoms with Gasteiger partial charge in [0.05, 0.1) is 5.71 Å². The van der Waals surface area contributed by atoms with E-state index in [2.05, 4.69) is 29.9 Å². The number of H-pyrrole nitrogens is 1. The highest BCUT2D eigenvalue weighted by molar-refractivity contribution is 6.10. The Balaban J connectivity index is 0.00000106. The molecule has 0 aliphatic carbocycles. The van der Waals surface area contributed by atoms with E-state index in [0.717, 1.165) is 28.6 Å². The van der Waals surface area contributed by atoms with Crippen LogP contribution in [0.3, 0.4) is 0 Å². The maximum absolute atomic E-state index is 11.4. The van der Waals surface area contributed by atoms with E-state index in [0.29, 0.717) is 0 Å². The minimum absolute atomic E-state index is 0.0834. The van der Waals surface area contributed by atoms with Crippen LogP contribution in [-0.4, -0.2) is 17.7 Å². The van der Waals surface area contributed by atoms with Crippen LogP contribution in [0.2, 0.25) is 0 Å². The summed E-state index contributed by atoms with van der Waals surface area (Å²) in [6, 6.07) is 9.37. The number of hydrogen-bond acceptors (Lipinski definition) is 2. The van der Waals surface area contributed by atoms with Gasteiger partial charge in [-0.1, -0.05) is 38.5 Å². The summed E-state index contributed by atoms with van der Waals surface area (Å²) in [5.41, 5.74) is 3.99. The summed E-state index contributed by atoms with van der Waals surface area (Å²) in [5, 5.41) is 1.02. The van der Waals surface area contributed by atoms with Gasteiger partial charge in [-0.3, -0.25) is 9.79 Å². The highest BCUT2D eigenvalue weighted by Crippen LogP contribution is 2.14. The van der Waals surface area contributed by atoms with Crippen molar-refractivity contribution in [3.63, 3.8) is 0 Å². The van der Waals surface area contributed by atoms with Crippen molar-refractivity contribution >= 4 is 16.6 Å². The van der Waals surface area contributed by atoms with Crippen LogP contribution in [0, 0.1) is 0 Å². The Hall–Kier alpha value is -2.16. The highest BCUT2D eigenvalue weighted by atomic mass is 16.1. The molecule has 1 aromatic heterocycles. The summed E-state index contributed by atoms with van der Waals surface area (Å²) in [5.74, 6) is 0. The smallest absolute Gasteiger partial charge is 0.248 e. The lowest BCUT2D eigenvalue weighted by atomic mass is 10.0. The Kier molecular flexibility index (Phi) is 6.60. The zero-order valence-electron chi connectivity index (χ0n) is 13.5. The number of aliphatic imine (C=N–C) groups is 1. The molecule has 0 bridgehead atoms. The summed E-state index contributed by atoms with van der Waals surface area (Å²) < 4.78 is 0. The number of nitrogens with zero attached hydrogens (tertiary/aromatic N) is 1. The summed E-state index contributed by atoms with van der Waals surface area (Å²) >= 11 is 0. The number of allylic oxidation sites excluding steroid dienone is 2. The lowest BCUT2D eigenvalue weighted by Crippen LogP contribution is -2.04. The third-order valence-electron chi connectivity index (χ3n) is 3.20. The standard InChI is InChI=1S/C16H18N2O.C2H6/c1-4-11(2)9-14(17-3)13-6-5-12-7-8-16(19)18-15(12)10-13;1-2/h5-10H,4H2,1-3H3,(H,18,19);1-2H3/b11-9-,17-14?;. The molecular formula is C18H24N2O. The van der Waals surface area contributed by atoms with Crippen molar-refractivity contribution in [1.82, 2.24) is 4.98 Å². The molecule has 112 valence electrons. The van der Waals surface area contributed by atoms with Gasteiger partial charge in [0.1, 0.15) is 0 Å². The number of aromatic nitrogens is 1. The normalized spacial score (nSPS) is 12.0. The molecule has 2 aromatic rings. The molecule has 0 atom stereocenters. The first kappa shape index (κ1) is 16.9. The van der Waals surface area contributed by atoms with E-state index >= 15 is 0 Å². The zero-order valence-corrected chi connectivity index (χ0v) is 13.5. The molecule has 0 saturated heterocycles. The second kappa shape index (κ2) is 8.20. The van der Waals surface area contributed by atoms with Gasteiger partial charge in [0, 0.05) is 24.2 Å². The van der Waals surface area contributed by atoms with Crippen molar-refractivity contribution in [2.75, 3.05) is 7.05 Å². The second-order valence-electron chi connectivity index (χ2n) is 4.58. The Bertz CT molecular complexity index is 708. The number of hydrogen-bond donors (Lipinski definition) is 1.